The van der Waals surface area contributed by atoms with E-state index in [4.69, 9.17) is 9.47 Å². The molecule has 0 aliphatic carbocycles. The standard InChI is InChI=1S/C19H26BrNO3/c1-13-11-16-14(12-15(13)20)5-6-19(23-16)7-9-21(10-8-19)17(22)24-18(2,3)4/h11-12H,5-10H2,1-4H3. The molecule has 132 valence electrons. The van der Waals surface area contributed by atoms with Crippen molar-refractivity contribution in [1.29, 1.82) is 0 Å². The number of piperidine rings is 1. The second kappa shape index (κ2) is 6.25. The average molecular weight is 396 g/mol. The minimum absolute atomic E-state index is 0.133. The topological polar surface area (TPSA) is 38.8 Å². The first kappa shape index (κ1) is 17.6. The number of fused-ring (bicyclic) bond motifs is 1. The molecule has 0 aromatic heterocycles. The van der Waals surface area contributed by atoms with Crippen LogP contribution in [0.15, 0.2) is 16.6 Å². The highest BCUT2D eigenvalue weighted by Crippen LogP contribution is 2.41. The van der Waals surface area contributed by atoms with Crippen LogP contribution in [-0.4, -0.2) is 35.3 Å². The molecule has 2 aliphatic heterocycles. The predicted octanol–water partition coefficient (Wildman–Crippen LogP) is 4.85. The second-order valence-corrected chi connectivity index (χ2v) is 8.82. The van der Waals surface area contributed by atoms with Gasteiger partial charge in [-0.3, -0.25) is 0 Å². The average Bonchev–Trinajstić information content (AvgIpc) is 2.48. The van der Waals surface area contributed by atoms with Gasteiger partial charge in [-0.2, -0.15) is 0 Å². The maximum atomic E-state index is 12.2. The van der Waals surface area contributed by atoms with Crippen LogP contribution < -0.4 is 4.74 Å². The molecule has 0 N–H and O–H groups in total. The van der Waals surface area contributed by atoms with E-state index in [0.717, 1.165) is 35.9 Å². The Hall–Kier alpha value is -1.23. The van der Waals surface area contributed by atoms with Gasteiger partial charge < -0.3 is 14.4 Å². The van der Waals surface area contributed by atoms with Crippen LogP contribution in [0, 0.1) is 6.92 Å². The van der Waals surface area contributed by atoms with Gasteiger partial charge in [0.1, 0.15) is 17.0 Å². The van der Waals surface area contributed by atoms with Crippen molar-refractivity contribution in [3.05, 3.63) is 27.7 Å². The molecule has 0 bridgehead atoms. The van der Waals surface area contributed by atoms with Crippen molar-refractivity contribution >= 4 is 22.0 Å². The zero-order valence-electron chi connectivity index (χ0n) is 14.9. The van der Waals surface area contributed by atoms with Crippen molar-refractivity contribution in [1.82, 2.24) is 4.90 Å². The third-order valence-corrected chi connectivity index (χ3v) is 5.70. The number of likely N-dealkylation sites (tertiary alicyclic amines) is 1. The number of benzene rings is 1. The van der Waals surface area contributed by atoms with Gasteiger partial charge in [-0.05, 0) is 63.8 Å². The summed E-state index contributed by atoms with van der Waals surface area (Å²) in [5.74, 6) is 1.01. The van der Waals surface area contributed by atoms with Crippen LogP contribution in [0.2, 0.25) is 0 Å². The molecule has 5 heteroatoms. The van der Waals surface area contributed by atoms with Crippen LogP contribution in [-0.2, 0) is 11.2 Å². The van der Waals surface area contributed by atoms with Crippen molar-refractivity contribution in [2.24, 2.45) is 0 Å². The lowest BCUT2D eigenvalue weighted by Crippen LogP contribution is -2.52. The summed E-state index contributed by atoms with van der Waals surface area (Å²) in [6, 6.07) is 4.30. The fourth-order valence-electron chi connectivity index (χ4n) is 3.41. The maximum Gasteiger partial charge on any atom is 0.410 e. The SMILES string of the molecule is Cc1cc2c(cc1Br)CCC1(CCN(C(=O)OC(C)(C)C)CC1)O2. The van der Waals surface area contributed by atoms with Crippen LogP contribution in [0.1, 0.15) is 51.2 Å². The van der Waals surface area contributed by atoms with Gasteiger partial charge >= 0.3 is 6.09 Å². The van der Waals surface area contributed by atoms with E-state index in [2.05, 4.69) is 35.0 Å². The number of halogens is 1. The number of carbonyl (C=O) groups excluding carboxylic acids is 1. The Balaban J connectivity index is 1.66. The zero-order chi connectivity index (χ0) is 17.5. The fourth-order valence-corrected chi connectivity index (χ4v) is 3.80. The number of rotatable bonds is 0. The van der Waals surface area contributed by atoms with Gasteiger partial charge in [-0.15, -0.1) is 0 Å². The van der Waals surface area contributed by atoms with E-state index in [1.54, 1.807) is 0 Å². The molecule has 0 radical (unpaired) electrons. The Bertz CT molecular complexity index is 643. The van der Waals surface area contributed by atoms with Gasteiger partial charge in [0.15, 0.2) is 0 Å². The van der Waals surface area contributed by atoms with E-state index < -0.39 is 5.60 Å². The Morgan fingerprint density at radius 2 is 1.92 bits per heavy atom. The molecule has 2 aliphatic rings. The fraction of sp³-hybridized carbons (Fsp3) is 0.632. The molecule has 4 nitrogen and oxygen atoms in total. The van der Waals surface area contributed by atoms with E-state index in [0.29, 0.717) is 13.1 Å². The highest BCUT2D eigenvalue weighted by Gasteiger charge is 2.41. The summed E-state index contributed by atoms with van der Waals surface area (Å²) >= 11 is 3.60. The first-order valence-electron chi connectivity index (χ1n) is 8.63. The molecule has 3 rings (SSSR count). The smallest absolute Gasteiger partial charge is 0.410 e. The molecule has 24 heavy (non-hydrogen) atoms. The minimum atomic E-state index is -0.447. The zero-order valence-corrected chi connectivity index (χ0v) is 16.5. The lowest BCUT2D eigenvalue weighted by Gasteiger charge is -2.44. The van der Waals surface area contributed by atoms with Gasteiger partial charge in [0.25, 0.3) is 0 Å². The molecular formula is C19H26BrNO3. The summed E-state index contributed by atoms with van der Waals surface area (Å²) < 4.78 is 13.0. The molecule has 1 aromatic carbocycles. The maximum absolute atomic E-state index is 12.2. The normalized spacial score (nSPS) is 19.6. The van der Waals surface area contributed by atoms with Crippen molar-refractivity contribution < 1.29 is 14.3 Å². The number of carbonyl (C=O) groups is 1. The van der Waals surface area contributed by atoms with E-state index in [1.807, 2.05) is 25.7 Å². The molecule has 1 saturated heterocycles. The number of nitrogens with zero attached hydrogens (tertiary/aromatic N) is 1. The third-order valence-electron chi connectivity index (χ3n) is 4.84. The van der Waals surface area contributed by atoms with Crippen LogP contribution in [0.5, 0.6) is 5.75 Å². The van der Waals surface area contributed by atoms with Gasteiger partial charge in [0.05, 0.1) is 0 Å². The molecule has 2 heterocycles. The highest BCUT2D eigenvalue weighted by atomic mass is 79.9. The molecular weight excluding hydrogens is 370 g/mol. The van der Waals surface area contributed by atoms with Crippen LogP contribution in [0.25, 0.3) is 0 Å². The van der Waals surface area contributed by atoms with Crippen LogP contribution in [0.4, 0.5) is 4.79 Å². The van der Waals surface area contributed by atoms with Crippen molar-refractivity contribution in [2.45, 2.75) is 64.6 Å². The minimum Gasteiger partial charge on any atom is -0.487 e. The second-order valence-electron chi connectivity index (χ2n) is 7.96. The van der Waals surface area contributed by atoms with Crippen LogP contribution >= 0.6 is 15.9 Å². The summed E-state index contributed by atoms with van der Waals surface area (Å²) in [6.45, 7) is 9.17. The van der Waals surface area contributed by atoms with Gasteiger partial charge in [0, 0.05) is 30.4 Å². The van der Waals surface area contributed by atoms with Crippen molar-refractivity contribution in [3.63, 3.8) is 0 Å². The number of hydrogen-bond acceptors (Lipinski definition) is 3. The summed E-state index contributed by atoms with van der Waals surface area (Å²) in [7, 11) is 0. The molecule has 1 fully saturated rings. The van der Waals surface area contributed by atoms with E-state index in [9.17, 15) is 4.79 Å². The van der Waals surface area contributed by atoms with E-state index in [1.165, 1.54) is 11.1 Å². The summed E-state index contributed by atoms with van der Waals surface area (Å²) in [5.41, 5.74) is 1.88. The molecule has 1 aromatic rings. The molecule has 1 spiro atoms. The number of aryl methyl sites for hydroxylation is 2. The lowest BCUT2D eigenvalue weighted by atomic mass is 9.83. The lowest BCUT2D eigenvalue weighted by molar-refractivity contribution is -0.0272. The Labute approximate surface area is 152 Å². The van der Waals surface area contributed by atoms with Crippen molar-refractivity contribution in [3.8, 4) is 5.75 Å². The highest BCUT2D eigenvalue weighted by molar-refractivity contribution is 9.10. The summed E-state index contributed by atoms with van der Waals surface area (Å²) in [4.78, 5) is 14.0. The van der Waals surface area contributed by atoms with Crippen molar-refractivity contribution in [2.75, 3.05) is 13.1 Å². The summed E-state index contributed by atoms with van der Waals surface area (Å²) in [6.07, 6.45) is 3.55. The van der Waals surface area contributed by atoms with Gasteiger partial charge in [-0.25, -0.2) is 4.79 Å². The molecule has 0 unspecified atom stereocenters. The Morgan fingerprint density at radius 1 is 1.25 bits per heavy atom. The Morgan fingerprint density at radius 3 is 2.54 bits per heavy atom. The number of amides is 1. The molecule has 1 amide bonds. The van der Waals surface area contributed by atoms with Gasteiger partial charge in [-0.1, -0.05) is 15.9 Å². The quantitative estimate of drug-likeness (QED) is 0.629. The monoisotopic (exact) mass is 395 g/mol. The predicted molar refractivity (Wildman–Crippen MR) is 97.6 cm³/mol. The van der Waals surface area contributed by atoms with E-state index >= 15 is 0 Å². The first-order valence-corrected chi connectivity index (χ1v) is 9.43. The third kappa shape index (κ3) is 3.71. The van der Waals surface area contributed by atoms with E-state index in [-0.39, 0.29) is 11.7 Å². The Kier molecular flexibility index (Phi) is 4.58. The number of hydrogen-bond donors (Lipinski definition) is 0. The molecule has 0 atom stereocenters. The molecule has 0 saturated carbocycles. The largest absolute Gasteiger partial charge is 0.487 e. The van der Waals surface area contributed by atoms with Gasteiger partial charge in [0.2, 0.25) is 0 Å². The number of ether oxygens (including phenoxy) is 2. The first-order chi connectivity index (χ1) is 11.2. The van der Waals surface area contributed by atoms with Crippen LogP contribution in [0.3, 0.4) is 0 Å². The summed E-state index contributed by atoms with van der Waals surface area (Å²) in [5, 5.41) is 0.